The third kappa shape index (κ3) is 11.0. The van der Waals surface area contributed by atoms with Crippen molar-refractivity contribution in [1.29, 1.82) is 0 Å². The van der Waals surface area contributed by atoms with Crippen LogP contribution in [-0.4, -0.2) is 59.2 Å². The number of ether oxygens (including phenoxy) is 2. The molecule has 4 aromatic rings. The van der Waals surface area contributed by atoms with E-state index in [4.69, 9.17) is 21.1 Å². The van der Waals surface area contributed by atoms with Gasteiger partial charge in [-0.15, -0.1) is 0 Å². The van der Waals surface area contributed by atoms with E-state index >= 15 is 0 Å². The van der Waals surface area contributed by atoms with Crippen molar-refractivity contribution >= 4 is 23.4 Å². The molecule has 54 heavy (non-hydrogen) atoms. The van der Waals surface area contributed by atoms with Crippen LogP contribution in [0.4, 0.5) is 0 Å². The molecular formula is C44H52ClN3O6. The monoisotopic (exact) mass is 753 g/mol. The predicted octanol–water partition coefficient (Wildman–Crippen LogP) is 7.34. The molecule has 0 saturated carbocycles. The van der Waals surface area contributed by atoms with Crippen LogP contribution in [0.15, 0.2) is 97.1 Å². The maximum atomic E-state index is 12.5. The van der Waals surface area contributed by atoms with Gasteiger partial charge in [0, 0.05) is 63.1 Å². The van der Waals surface area contributed by atoms with E-state index in [2.05, 4.69) is 39.8 Å². The highest BCUT2D eigenvalue weighted by Crippen LogP contribution is 2.40. The topological polar surface area (TPSA) is 120 Å². The molecule has 2 fully saturated rings. The predicted molar refractivity (Wildman–Crippen MR) is 210 cm³/mol. The zero-order chi connectivity index (χ0) is 37.9. The summed E-state index contributed by atoms with van der Waals surface area (Å²) in [6.07, 6.45) is 4.01. The van der Waals surface area contributed by atoms with Crippen LogP contribution in [0, 0.1) is 0 Å². The molecule has 4 aromatic carbocycles. The molecule has 6 rings (SSSR count). The first-order valence-electron chi connectivity index (χ1n) is 19.1. The third-order valence-corrected chi connectivity index (χ3v) is 10.8. The fourth-order valence-electron chi connectivity index (χ4n) is 7.34. The summed E-state index contributed by atoms with van der Waals surface area (Å²) in [7, 11) is 0. The maximum absolute atomic E-state index is 12.5. The van der Waals surface area contributed by atoms with E-state index in [1.165, 1.54) is 6.92 Å². The summed E-state index contributed by atoms with van der Waals surface area (Å²) in [4.78, 5) is 25.9. The van der Waals surface area contributed by atoms with Gasteiger partial charge in [-0.3, -0.25) is 9.59 Å². The second-order valence-electron chi connectivity index (χ2n) is 14.6. The average Bonchev–Trinajstić information content (AvgIpc) is 3.19. The Balaban J connectivity index is 1.10. The molecule has 2 amide bonds. The summed E-state index contributed by atoms with van der Waals surface area (Å²) >= 11 is 6.11. The van der Waals surface area contributed by atoms with Crippen LogP contribution >= 0.6 is 11.6 Å². The molecule has 286 valence electrons. The van der Waals surface area contributed by atoms with Gasteiger partial charge in [-0.05, 0) is 83.3 Å². The van der Waals surface area contributed by atoms with Crippen molar-refractivity contribution in [2.75, 3.05) is 26.2 Å². The number of nitrogens with one attached hydrogen (secondary N) is 2. The Morgan fingerprint density at radius 1 is 0.833 bits per heavy atom. The van der Waals surface area contributed by atoms with Crippen molar-refractivity contribution in [2.45, 2.75) is 89.1 Å². The van der Waals surface area contributed by atoms with Gasteiger partial charge in [0.2, 0.25) is 11.8 Å². The van der Waals surface area contributed by atoms with Crippen molar-refractivity contribution in [3.63, 3.8) is 0 Å². The Kier molecular flexibility index (Phi) is 13.9. The van der Waals surface area contributed by atoms with Crippen LogP contribution in [0.3, 0.4) is 0 Å². The van der Waals surface area contributed by atoms with E-state index in [0.717, 1.165) is 71.3 Å². The van der Waals surface area contributed by atoms with Crippen LogP contribution in [-0.2, 0) is 37.8 Å². The SMILES string of the molecule is CC(=O)NCCCCCC(=O)NCc1cccc(-c2cccc([C@H]3O[C@@H](CN4CCC(O)(c5ccc(Cl)cc5)CC4)C[C@@H](c4ccc(CO)cc4)O3)c2)c1. The number of likely N-dealkylation sites (tertiary alicyclic amines) is 1. The lowest BCUT2D eigenvalue weighted by molar-refractivity contribution is -0.253. The van der Waals surface area contributed by atoms with Crippen LogP contribution in [0.5, 0.6) is 0 Å². The highest BCUT2D eigenvalue weighted by atomic mass is 35.5. The number of halogens is 1. The minimum Gasteiger partial charge on any atom is -0.392 e. The molecule has 0 bridgehead atoms. The summed E-state index contributed by atoms with van der Waals surface area (Å²) in [5.41, 5.74) is 5.90. The zero-order valence-corrected chi connectivity index (χ0v) is 31.8. The Labute approximate surface area is 323 Å². The van der Waals surface area contributed by atoms with Gasteiger partial charge in [-0.2, -0.15) is 0 Å². The van der Waals surface area contributed by atoms with Crippen LogP contribution in [0.1, 0.15) is 92.1 Å². The molecule has 0 aromatic heterocycles. The quantitative estimate of drug-likeness (QED) is 0.0939. The molecule has 2 aliphatic heterocycles. The molecule has 3 atom stereocenters. The Morgan fingerprint density at radius 2 is 1.56 bits per heavy atom. The summed E-state index contributed by atoms with van der Waals surface area (Å²) in [6, 6.07) is 31.9. The number of rotatable bonds is 15. The number of aliphatic hydroxyl groups excluding tert-OH is 1. The van der Waals surface area contributed by atoms with Crippen molar-refractivity contribution in [2.24, 2.45) is 0 Å². The number of unbranched alkanes of at least 4 members (excludes halogenated alkanes) is 2. The lowest BCUT2D eigenvalue weighted by Gasteiger charge is -2.42. The van der Waals surface area contributed by atoms with Gasteiger partial charge in [0.1, 0.15) is 0 Å². The Hall–Kier alpha value is -4.09. The standard InChI is InChI=1S/C44H52ClN3O6/c1-31(50)46-22-4-2-3-11-42(51)47-28-33-7-5-8-35(25-33)36-9-6-10-37(26-36)43-53-40(27-41(54-43)34-14-12-32(30-49)13-15-34)29-48-23-20-44(52,21-24-48)38-16-18-39(45)19-17-38/h5-10,12-19,25-26,40-41,43,49,52H,2-4,11,20-24,27-30H2,1H3,(H,46,50)(H,47,51)/t40-,41+,43+/m1/s1. The molecule has 4 N–H and O–H groups in total. The fourth-order valence-corrected chi connectivity index (χ4v) is 7.47. The Bertz CT molecular complexity index is 1830. The number of carbonyl (C=O) groups excluding carboxylic acids is 2. The van der Waals surface area contributed by atoms with Crippen molar-refractivity contribution < 1.29 is 29.3 Å². The fraction of sp³-hybridized carbons (Fsp3) is 0.409. The molecular weight excluding hydrogens is 702 g/mol. The molecule has 2 saturated heterocycles. The number of benzene rings is 4. The molecule has 2 heterocycles. The second-order valence-corrected chi connectivity index (χ2v) is 15.0. The number of piperidine rings is 1. The van der Waals surface area contributed by atoms with Crippen molar-refractivity contribution in [3.8, 4) is 11.1 Å². The summed E-state index contributed by atoms with van der Waals surface area (Å²) < 4.78 is 13.4. The number of carbonyl (C=O) groups is 2. The van der Waals surface area contributed by atoms with Crippen molar-refractivity contribution in [1.82, 2.24) is 15.5 Å². The van der Waals surface area contributed by atoms with Gasteiger partial charge in [-0.1, -0.05) is 90.8 Å². The van der Waals surface area contributed by atoms with Gasteiger partial charge in [0.05, 0.1) is 24.4 Å². The molecule has 2 aliphatic rings. The summed E-state index contributed by atoms with van der Waals surface area (Å²) in [5, 5.41) is 27.6. The number of nitrogens with zero attached hydrogens (tertiary/aromatic N) is 1. The van der Waals surface area contributed by atoms with Gasteiger partial charge in [-0.25, -0.2) is 0 Å². The highest BCUT2D eigenvalue weighted by Gasteiger charge is 2.37. The van der Waals surface area contributed by atoms with E-state index in [1.807, 2.05) is 72.8 Å². The number of amides is 2. The van der Waals surface area contributed by atoms with Gasteiger partial charge < -0.3 is 35.2 Å². The molecule has 0 spiro atoms. The molecule has 0 aliphatic carbocycles. The van der Waals surface area contributed by atoms with Crippen LogP contribution < -0.4 is 10.6 Å². The van der Waals surface area contributed by atoms with Gasteiger partial charge >= 0.3 is 0 Å². The highest BCUT2D eigenvalue weighted by molar-refractivity contribution is 6.30. The zero-order valence-electron chi connectivity index (χ0n) is 31.0. The maximum Gasteiger partial charge on any atom is 0.220 e. The Morgan fingerprint density at radius 3 is 2.28 bits per heavy atom. The first-order chi connectivity index (χ1) is 26.2. The number of hydrogen-bond donors (Lipinski definition) is 4. The van der Waals surface area contributed by atoms with E-state index in [1.54, 1.807) is 0 Å². The van der Waals surface area contributed by atoms with Gasteiger partial charge in [0.15, 0.2) is 6.29 Å². The van der Waals surface area contributed by atoms with Gasteiger partial charge in [0.25, 0.3) is 0 Å². The third-order valence-electron chi connectivity index (χ3n) is 10.5. The minimum absolute atomic E-state index is 0.0139. The molecule has 10 heteroatoms. The lowest BCUT2D eigenvalue weighted by atomic mass is 9.84. The van der Waals surface area contributed by atoms with Crippen LogP contribution in [0.2, 0.25) is 5.02 Å². The first-order valence-corrected chi connectivity index (χ1v) is 19.5. The van der Waals surface area contributed by atoms with E-state index in [0.29, 0.717) is 50.3 Å². The van der Waals surface area contributed by atoms with E-state index < -0.39 is 11.9 Å². The smallest absolute Gasteiger partial charge is 0.220 e. The van der Waals surface area contributed by atoms with Crippen LogP contribution in [0.25, 0.3) is 11.1 Å². The molecule has 0 radical (unpaired) electrons. The molecule has 0 unspecified atom stereocenters. The largest absolute Gasteiger partial charge is 0.392 e. The van der Waals surface area contributed by atoms with Crippen molar-refractivity contribution in [3.05, 3.63) is 130 Å². The average molecular weight is 754 g/mol. The molecule has 9 nitrogen and oxygen atoms in total. The minimum atomic E-state index is -0.878. The first kappa shape index (κ1) is 39.6. The summed E-state index contributed by atoms with van der Waals surface area (Å²) in [6.45, 7) is 4.78. The lowest BCUT2D eigenvalue weighted by Crippen LogP contribution is -2.46. The normalized spacial score (nSPS) is 20.0. The number of hydrogen-bond acceptors (Lipinski definition) is 7. The summed E-state index contributed by atoms with van der Waals surface area (Å²) in [5.74, 6) is -0.0114. The van der Waals surface area contributed by atoms with E-state index in [9.17, 15) is 19.8 Å². The number of aliphatic hydroxyl groups is 2. The second kappa shape index (κ2) is 19.0. The van der Waals surface area contributed by atoms with E-state index in [-0.39, 0.29) is 30.6 Å².